The Hall–Kier alpha value is -3.82. The molecule has 0 saturated heterocycles. The largest absolute Gasteiger partial charge is 0.497 e. The van der Waals surface area contributed by atoms with Crippen molar-refractivity contribution in [3.63, 3.8) is 0 Å². The van der Waals surface area contributed by atoms with Gasteiger partial charge in [-0.3, -0.25) is 9.36 Å². The second-order valence-corrected chi connectivity index (χ2v) is 8.58. The van der Waals surface area contributed by atoms with Crippen LogP contribution in [0.1, 0.15) is 5.56 Å². The number of thioether (sulfide) groups is 1. The monoisotopic (exact) mass is 507 g/mol. The van der Waals surface area contributed by atoms with Gasteiger partial charge in [-0.25, -0.2) is 5.43 Å². The van der Waals surface area contributed by atoms with Crippen molar-refractivity contribution in [3.05, 3.63) is 83.4 Å². The first kappa shape index (κ1) is 24.3. The fourth-order valence-corrected chi connectivity index (χ4v) is 4.13. The van der Waals surface area contributed by atoms with Crippen molar-refractivity contribution in [3.8, 4) is 28.6 Å². The third-order valence-corrected chi connectivity index (χ3v) is 6.06. The molecule has 1 aromatic heterocycles. The minimum Gasteiger partial charge on any atom is -0.497 e. The van der Waals surface area contributed by atoms with Gasteiger partial charge in [0.2, 0.25) is 0 Å². The molecule has 0 unspecified atom stereocenters. The van der Waals surface area contributed by atoms with Crippen molar-refractivity contribution < 1.29 is 14.3 Å². The van der Waals surface area contributed by atoms with Gasteiger partial charge in [-0.05, 0) is 66.2 Å². The maximum atomic E-state index is 12.4. The summed E-state index contributed by atoms with van der Waals surface area (Å²) in [6.07, 6.45) is 1.54. The zero-order valence-electron chi connectivity index (χ0n) is 19.0. The summed E-state index contributed by atoms with van der Waals surface area (Å²) in [5.41, 5.74) is 5.01. The van der Waals surface area contributed by atoms with Gasteiger partial charge >= 0.3 is 0 Å². The summed E-state index contributed by atoms with van der Waals surface area (Å²) in [6.45, 7) is 0. The number of rotatable bonds is 9. The fraction of sp³-hybridized carbons (Fsp3) is 0.120. The molecule has 3 aromatic carbocycles. The van der Waals surface area contributed by atoms with Crippen LogP contribution < -0.4 is 14.9 Å². The van der Waals surface area contributed by atoms with Gasteiger partial charge in [-0.2, -0.15) is 5.10 Å². The van der Waals surface area contributed by atoms with Gasteiger partial charge in [0, 0.05) is 16.3 Å². The zero-order chi connectivity index (χ0) is 24.6. The van der Waals surface area contributed by atoms with Crippen LogP contribution in [0.4, 0.5) is 0 Å². The zero-order valence-corrected chi connectivity index (χ0v) is 20.6. The van der Waals surface area contributed by atoms with Gasteiger partial charge in [0.1, 0.15) is 11.5 Å². The molecule has 0 saturated carbocycles. The van der Waals surface area contributed by atoms with Crippen molar-refractivity contribution in [2.45, 2.75) is 5.16 Å². The summed E-state index contributed by atoms with van der Waals surface area (Å²) < 4.78 is 12.4. The SMILES string of the molecule is COc1ccc(-c2nnc(SCC(=O)N/N=C\c3cccc(Cl)c3)n2-c2ccc(OC)cc2)cc1. The summed E-state index contributed by atoms with van der Waals surface area (Å²) >= 11 is 7.22. The highest BCUT2D eigenvalue weighted by atomic mass is 35.5. The Morgan fingerprint density at radius 1 is 1.03 bits per heavy atom. The lowest BCUT2D eigenvalue weighted by molar-refractivity contribution is -0.118. The highest BCUT2D eigenvalue weighted by Crippen LogP contribution is 2.29. The number of nitrogens with one attached hydrogen (secondary N) is 1. The van der Waals surface area contributed by atoms with Crippen LogP contribution in [0.2, 0.25) is 5.02 Å². The molecular formula is C25H22ClN5O3S. The number of aromatic nitrogens is 3. The normalized spacial score (nSPS) is 10.9. The number of carbonyl (C=O) groups excluding carboxylic acids is 1. The maximum absolute atomic E-state index is 12.4. The third-order valence-electron chi connectivity index (χ3n) is 4.90. The van der Waals surface area contributed by atoms with E-state index in [1.165, 1.54) is 18.0 Å². The Kier molecular flexibility index (Phi) is 8.02. The molecule has 4 aromatic rings. The molecule has 4 rings (SSSR count). The van der Waals surface area contributed by atoms with Crippen molar-refractivity contribution in [1.29, 1.82) is 0 Å². The number of methoxy groups -OCH3 is 2. The summed E-state index contributed by atoms with van der Waals surface area (Å²) in [5.74, 6) is 1.94. The molecule has 0 aliphatic heterocycles. The molecule has 1 amide bonds. The van der Waals surface area contributed by atoms with Crippen LogP contribution >= 0.6 is 23.4 Å². The van der Waals surface area contributed by atoms with Crippen molar-refractivity contribution >= 4 is 35.5 Å². The van der Waals surface area contributed by atoms with E-state index in [4.69, 9.17) is 21.1 Å². The first-order valence-electron chi connectivity index (χ1n) is 10.5. The molecule has 1 N–H and O–H groups in total. The standard InChI is InChI=1S/C25H22ClN5O3S/c1-33-21-10-6-18(7-11-21)24-29-30-25(31(24)20-8-12-22(34-2)13-9-20)35-16-23(32)28-27-15-17-4-3-5-19(26)14-17/h3-15H,16H2,1-2H3,(H,28,32)/b27-15-. The molecule has 35 heavy (non-hydrogen) atoms. The van der Waals surface area contributed by atoms with Gasteiger partial charge in [-0.1, -0.05) is 35.5 Å². The van der Waals surface area contributed by atoms with Gasteiger partial charge in [0.15, 0.2) is 11.0 Å². The highest BCUT2D eigenvalue weighted by Gasteiger charge is 2.17. The minimum absolute atomic E-state index is 0.101. The van der Waals surface area contributed by atoms with Gasteiger partial charge < -0.3 is 9.47 Å². The molecule has 178 valence electrons. The van der Waals surface area contributed by atoms with Crippen LogP contribution in [0.3, 0.4) is 0 Å². The van der Waals surface area contributed by atoms with Crippen LogP contribution in [0, 0.1) is 0 Å². The van der Waals surface area contributed by atoms with Gasteiger partial charge in [-0.15, -0.1) is 10.2 Å². The molecule has 0 spiro atoms. The fourth-order valence-electron chi connectivity index (χ4n) is 3.18. The predicted octanol–water partition coefficient (Wildman–Crippen LogP) is 4.85. The smallest absolute Gasteiger partial charge is 0.250 e. The Labute approximate surface area is 211 Å². The number of amides is 1. The average molecular weight is 508 g/mol. The lowest BCUT2D eigenvalue weighted by Crippen LogP contribution is -2.20. The topological polar surface area (TPSA) is 90.6 Å². The number of hydrogen-bond acceptors (Lipinski definition) is 7. The third kappa shape index (κ3) is 6.20. The molecule has 0 fully saturated rings. The van der Waals surface area contributed by atoms with Crippen molar-refractivity contribution in [1.82, 2.24) is 20.2 Å². The molecule has 1 heterocycles. The maximum Gasteiger partial charge on any atom is 0.250 e. The average Bonchev–Trinajstić information content (AvgIpc) is 3.31. The quantitative estimate of drug-likeness (QED) is 0.198. The Morgan fingerprint density at radius 2 is 1.71 bits per heavy atom. The Bertz CT molecular complexity index is 1320. The van der Waals surface area contributed by atoms with Gasteiger partial charge in [0.05, 0.1) is 26.2 Å². The molecule has 0 bridgehead atoms. The lowest BCUT2D eigenvalue weighted by Gasteiger charge is -2.11. The van der Waals surface area contributed by atoms with Crippen LogP contribution in [0.5, 0.6) is 11.5 Å². The van der Waals surface area contributed by atoms with E-state index in [0.29, 0.717) is 16.0 Å². The summed E-state index contributed by atoms with van der Waals surface area (Å²) in [4.78, 5) is 12.4. The molecule has 10 heteroatoms. The lowest BCUT2D eigenvalue weighted by atomic mass is 10.2. The summed E-state index contributed by atoms with van der Waals surface area (Å²) in [6, 6.07) is 22.3. The van der Waals surface area contributed by atoms with Crippen molar-refractivity contribution in [2.24, 2.45) is 5.10 Å². The first-order valence-corrected chi connectivity index (χ1v) is 11.9. The van der Waals surface area contributed by atoms with Crippen LogP contribution in [-0.4, -0.2) is 46.9 Å². The molecular weight excluding hydrogens is 486 g/mol. The van der Waals surface area contributed by atoms with E-state index < -0.39 is 0 Å². The van der Waals surface area contributed by atoms with Crippen LogP contribution in [-0.2, 0) is 4.79 Å². The number of hydrazone groups is 1. The minimum atomic E-state index is -0.274. The molecule has 0 aliphatic carbocycles. The molecule has 0 aliphatic rings. The number of carbonyl (C=O) groups is 1. The number of nitrogens with zero attached hydrogens (tertiary/aromatic N) is 4. The summed E-state index contributed by atoms with van der Waals surface area (Å²) in [5, 5.41) is 13.9. The molecule has 8 nitrogen and oxygen atoms in total. The van der Waals surface area contributed by atoms with E-state index in [0.717, 1.165) is 28.3 Å². The number of ether oxygens (including phenoxy) is 2. The number of halogens is 1. The van der Waals surface area contributed by atoms with Gasteiger partial charge in [0.25, 0.3) is 5.91 Å². The van der Waals surface area contributed by atoms with E-state index in [1.54, 1.807) is 26.4 Å². The van der Waals surface area contributed by atoms with E-state index in [1.807, 2.05) is 65.2 Å². The van der Waals surface area contributed by atoms with E-state index >= 15 is 0 Å². The Balaban J connectivity index is 1.53. The highest BCUT2D eigenvalue weighted by molar-refractivity contribution is 7.99. The van der Waals surface area contributed by atoms with Crippen molar-refractivity contribution in [2.75, 3.05) is 20.0 Å². The van der Waals surface area contributed by atoms with E-state index in [9.17, 15) is 4.79 Å². The summed E-state index contributed by atoms with van der Waals surface area (Å²) in [7, 11) is 3.24. The number of hydrogen-bond donors (Lipinski definition) is 1. The Morgan fingerprint density at radius 3 is 2.37 bits per heavy atom. The first-order chi connectivity index (χ1) is 17.1. The second kappa shape index (κ2) is 11.5. The number of benzene rings is 3. The van der Waals surface area contributed by atoms with Crippen LogP contribution in [0.15, 0.2) is 83.1 Å². The second-order valence-electron chi connectivity index (χ2n) is 7.20. The van der Waals surface area contributed by atoms with E-state index in [2.05, 4.69) is 20.7 Å². The van der Waals surface area contributed by atoms with Crippen LogP contribution in [0.25, 0.3) is 17.1 Å². The predicted molar refractivity (Wildman–Crippen MR) is 138 cm³/mol. The molecule has 0 atom stereocenters. The van der Waals surface area contributed by atoms with E-state index in [-0.39, 0.29) is 11.7 Å². The molecule has 0 radical (unpaired) electrons.